The van der Waals surface area contributed by atoms with Gasteiger partial charge in [0.05, 0.1) is 11.4 Å². The van der Waals surface area contributed by atoms with Gasteiger partial charge in [-0.2, -0.15) is 10.4 Å². The van der Waals surface area contributed by atoms with Crippen LogP contribution in [0.5, 0.6) is 0 Å². The average molecular weight is 422 g/mol. The van der Waals surface area contributed by atoms with Crippen molar-refractivity contribution in [2.45, 2.75) is 20.8 Å². The molecule has 0 aliphatic heterocycles. The van der Waals surface area contributed by atoms with Gasteiger partial charge in [-0.15, -0.1) is 10.2 Å². The summed E-state index contributed by atoms with van der Waals surface area (Å²) in [6.07, 6.45) is 0. The van der Waals surface area contributed by atoms with Crippen molar-refractivity contribution in [3.05, 3.63) is 58.7 Å². The van der Waals surface area contributed by atoms with Crippen molar-refractivity contribution in [1.29, 1.82) is 5.26 Å². The number of amides is 1. The standard InChI is InChI=1S/C21H20ClN7O/c1-4-29(16-7-5-15(22)6-8-16)17-9-10-19(20(11-17)24-14(3)30)26-28-21-18(12-23)13(2)25-27-21/h5-11H,4H2,1-3H3,(H,24,30)(H,25,27). The molecule has 1 amide bonds. The van der Waals surface area contributed by atoms with Gasteiger partial charge in [0.15, 0.2) is 0 Å². The minimum atomic E-state index is -0.230. The lowest BCUT2D eigenvalue weighted by Gasteiger charge is -2.24. The molecule has 2 aromatic carbocycles. The first-order valence-electron chi connectivity index (χ1n) is 9.24. The number of H-pyrrole nitrogens is 1. The maximum atomic E-state index is 11.7. The largest absolute Gasteiger partial charge is 0.342 e. The highest BCUT2D eigenvalue weighted by Crippen LogP contribution is 2.35. The number of aromatic nitrogens is 2. The molecule has 9 heteroatoms. The molecule has 152 valence electrons. The molecule has 3 rings (SSSR count). The number of azo groups is 1. The number of carbonyl (C=O) groups excluding carboxylic acids is 1. The summed E-state index contributed by atoms with van der Waals surface area (Å²) >= 11 is 6.00. The average Bonchev–Trinajstić information content (AvgIpc) is 3.08. The first kappa shape index (κ1) is 21.0. The lowest BCUT2D eigenvalue weighted by Crippen LogP contribution is -2.16. The van der Waals surface area contributed by atoms with E-state index in [-0.39, 0.29) is 11.7 Å². The first-order valence-corrected chi connectivity index (χ1v) is 9.62. The predicted molar refractivity (Wildman–Crippen MR) is 117 cm³/mol. The van der Waals surface area contributed by atoms with Crippen LogP contribution in [0.25, 0.3) is 0 Å². The van der Waals surface area contributed by atoms with Crippen LogP contribution < -0.4 is 10.2 Å². The van der Waals surface area contributed by atoms with E-state index < -0.39 is 0 Å². The van der Waals surface area contributed by atoms with E-state index in [1.807, 2.05) is 49.4 Å². The van der Waals surface area contributed by atoms with Crippen LogP contribution in [0.3, 0.4) is 0 Å². The van der Waals surface area contributed by atoms with Crippen LogP contribution in [0.2, 0.25) is 5.02 Å². The summed E-state index contributed by atoms with van der Waals surface area (Å²) in [4.78, 5) is 13.8. The molecular weight excluding hydrogens is 402 g/mol. The smallest absolute Gasteiger partial charge is 0.221 e. The minimum absolute atomic E-state index is 0.198. The van der Waals surface area contributed by atoms with Crippen LogP contribution in [0.1, 0.15) is 25.1 Å². The van der Waals surface area contributed by atoms with Gasteiger partial charge in [-0.05, 0) is 56.3 Å². The van der Waals surface area contributed by atoms with Gasteiger partial charge in [0.25, 0.3) is 0 Å². The molecule has 0 saturated heterocycles. The van der Waals surface area contributed by atoms with Crippen LogP contribution in [-0.4, -0.2) is 22.6 Å². The number of rotatable bonds is 6. The molecule has 8 nitrogen and oxygen atoms in total. The van der Waals surface area contributed by atoms with Gasteiger partial charge in [0.2, 0.25) is 11.7 Å². The van der Waals surface area contributed by atoms with E-state index in [1.54, 1.807) is 13.0 Å². The highest BCUT2D eigenvalue weighted by molar-refractivity contribution is 6.30. The van der Waals surface area contributed by atoms with E-state index in [0.717, 1.165) is 11.4 Å². The monoisotopic (exact) mass is 421 g/mol. The van der Waals surface area contributed by atoms with Crippen LogP contribution >= 0.6 is 11.6 Å². The van der Waals surface area contributed by atoms with Gasteiger partial charge in [0.1, 0.15) is 17.3 Å². The number of hydrogen-bond acceptors (Lipinski definition) is 6. The summed E-state index contributed by atoms with van der Waals surface area (Å²) in [6, 6.07) is 15.0. The fraction of sp³-hybridized carbons (Fsp3) is 0.190. The van der Waals surface area contributed by atoms with Crippen molar-refractivity contribution >= 4 is 46.1 Å². The zero-order valence-corrected chi connectivity index (χ0v) is 17.5. The zero-order valence-electron chi connectivity index (χ0n) is 16.8. The Morgan fingerprint density at radius 2 is 1.93 bits per heavy atom. The molecule has 0 bridgehead atoms. The second-order valence-corrected chi connectivity index (χ2v) is 6.90. The SMILES string of the molecule is CCN(c1ccc(Cl)cc1)c1ccc(N=Nc2n[nH]c(C)c2C#N)c(NC(C)=O)c1. The van der Waals surface area contributed by atoms with Gasteiger partial charge in [-0.1, -0.05) is 11.6 Å². The van der Waals surface area contributed by atoms with Crippen molar-refractivity contribution in [3.8, 4) is 6.07 Å². The van der Waals surface area contributed by atoms with Crippen molar-refractivity contribution < 1.29 is 4.79 Å². The molecule has 3 aromatic rings. The Morgan fingerprint density at radius 3 is 2.57 bits per heavy atom. The van der Waals surface area contributed by atoms with E-state index in [9.17, 15) is 10.1 Å². The van der Waals surface area contributed by atoms with Crippen LogP contribution in [0.15, 0.2) is 52.7 Å². The second-order valence-electron chi connectivity index (χ2n) is 6.46. The third-order valence-corrected chi connectivity index (χ3v) is 4.60. The number of nitrogens with one attached hydrogen (secondary N) is 2. The summed E-state index contributed by atoms with van der Waals surface area (Å²) in [5.41, 5.74) is 3.74. The topological polar surface area (TPSA) is 110 Å². The number of hydrogen-bond donors (Lipinski definition) is 2. The summed E-state index contributed by atoms with van der Waals surface area (Å²) in [6.45, 7) is 5.90. The number of carbonyl (C=O) groups is 1. The van der Waals surface area contributed by atoms with Gasteiger partial charge in [0, 0.05) is 29.9 Å². The molecule has 1 aromatic heterocycles. The first-order chi connectivity index (χ1) is 14.4. The molecular formula is C21H20ClN7O. The van der Waals surface area contributed by atoms with Gasteiger partial charge in [-0.3, -0.25) is 9.89 Å². The van der Waals surface area contributed by atoms with Gasteiger partial charge >= 0.3 is 0 Å². The maximum absolute atomic E-state index is 11.7. The molecule has 0 aliphatic rings. The predicted octanol–water partition coefficient (Wildman–Crippen LogP) is 5.78. The van der Waals surface area contributed by atoms with E-state index >= 15 is 0 Å². The lowest BCUT2D eigenvalue weighted by molar-refractivity contribution is -0.114. The molecule has 0 saturated carbocycles. The maximum Gasteiger partial charge on any atom is 0.221 e. The summed E-state index contributed by atoms with van der Waals surface area (Å²) in [5, 5.41) is 27.7. The van der Waals surface area contributed by atoms with Crippen molar-refractivity contribution in [1.82, 2.24) is 10.2 Å². The molecule has 0 aliphatic carbocycles. The number of anilines is 3. The van der Waals surface area contributed by atoms with Gasteiger partial charge in [-0.25, -0.2) is 0 Å². The van der Waals surface area contributed by atoms with Crippen LogP contribution in [0, 0.1) is 18.3 Å². The van der Waals surface area contributed by atoms with Crippen LogP contribution in [0.4, 0.5) is 28.6 Å². The summed E-state index contributed by atoms with van der Waals surface area (Å²) in [5.74, 6) is -0.0318. The zero-order chi connectivity index (χ0) is 21.7. The summed E-state index contributed by atoms with van der Waals surface area (Å²) < 4.78 is 0. The van der Waals surface area contributed by atoms with E-state index in [0.29, 0.717) is 34.2 Å². The number of nitrogens with zero attached hydrogens (tertiary/aromatic N) is 5. The van der Waals surface area contributed by atoms with Crippen LogP contribution in [-0.2, 0) is 4.79 Å². The third-order valence-electron chi connectivity index (χ3n) is 4.35. The quantitative estimate of drug-likeness (QED) is 0.492. The molecule has 1 heterocycles. The summed E-state index contributed by atoms with van der Waals surface area (Å²) in [7, 11) is 0. The van der Waals surface area contributed by atoms with Crippen molar-refractivity contribution in [2.75, 3.05) is 16.8 Å². The number of aryl methyl sites for hydroxylation is 1. The molecule has 0 unspecified atom stereocenters. The van der Waals surface area contributed by atoms with E-state index in [4.69, 9.17) is 11.6 Å². The molecule has 0 atom stereocenters. The Labute approximate surface area is 179 Å². The lowest BCUT2D eigenvalue weighted by atomic mass is 10.2. The van der Waals surface area contributed by atoms with E-state index in [2.05, 4.69) is 30.6 Å². The number of nitriles is 1. The highest BCUT2D eigenvalue weighted by Gasteiger charge is 2.13. The number of benzene rings is 2. The Morgan fingerprint density at radius 1 is 1.23 bits per heavy atom. The highest BCUT2D eigenvalue weighted by atomic mass is 35.5. The Balaban J connectivity index is 1.99. The molecule has 0 fully saturated rings. The van der Waals surface area contributed by atoms with Crippen molar-refractivity contribution in [2.24, 2.45) is 10.2 Å². The number of halogens is 1. The Bertz CT molecular complexity index is 1130. The fourth-order valence-corrected chi connectivity index (χ4v) is 3.05. The molecule has 2 N–H and O–H groups in total. The molecule has 0 spiro atoms. The second kappa shape index (κ2) is 9.20. The van der Waals surface area contributed by atoms with Crippen molar-refractivity contribution in [3.63, 3.8) is 0 Å². The van der Waals surface area contributed by atoms with Gasteiger partial charge < -0.3 is 10.2 Å². The Hall–Kier alpha value is -3.70. The molecule has 30 heavy (non-hydrogen) atoms. The Kier molecular flexibility index (Phi) is 6.45. The third kappa shape index (κ3) is 4.64. The number of aromatic amines is 1. The van der Waals surface area contributed by atoms with E-state index in [1.165, 1.54) is 6.92 Å². The fourth-order valence-electron chi connectivity index (χ4n) is 2.93. The normalized spacial score (nSPS) is 10.8. The minimum Gasteiger partial charge on any atom is -0.342 e. The molecule has 0 radical (unpaired) electrons.